The second-order valence-corrected chi connectivity index (χ2v) is 6.07. The molecule has 0 aliphatic carbocycles. The summed E-state index contributed by atoms with van der Waals surface area (Å²) in [5.74, 6) is -0.0834. The number of carbonyl (C=O) groups excluding carboxylic acids is 1. The number of ether oxygens (including phenoxy) is 1. The lowest BCUT2D eigenvalue weighted by Crippen LogP contribution is -2.51. The fourth-order valence-corrected chi connectivity index (χ4v) is 3.06. The van der Waals surface area contributed by atoms with E-state index in [9.17, 15) is 9.18 Å². The predicted molar refractivity (Wildman–Crippen MR) is 84.2 cm³/mol. The average molecular weight is 308 g/mol. The molecule has 5 heteroatoms. The number of nitrogens with one attached hydrogen (secondary N) is 1. The molecule has 4 nitrogen and oxygen atoms in total. The number of nitrogens with zero attached hydrogens (tertiary/aromatic N) is 1. The van der Waals surface area contributed by atoms with Gasteiger partial charge in [0.15, 0.2) is 0 Å². The summed E-state index contributed by atoms with van der Waals surface area (Å²) >= 11 is 0. The Kier molecular flexibility index (Phi) is 5.91. The zero-order valence-corrected chi connectivity index (χ0v) is 13.4. The van der Waals surface area contributed by atoms with Gasteiger partial charge in [-0.1, -0.05) is 12.1 Å². The Hall–Kier alpha value is -1.46. The van der Waals surface area contributed by atoms with Gasteiger partial charge < -0.3 is 15.0 Å². The number of halogens is 1. The van der Waals surface area contributed by atoms with Crippen molar-refractivity contribution in [1.29, 1.82) is 0 Å². The van der Waals surface area contributed by atoms with Crippen molar-refractivity contribution >= 4 is 5.91 Å². The zero-order valence-electron chi connectivity index (χ0n) is 13.4. The lowest BCUT2D eigenvalue weighted by Gasteiger charge is -2.38. The Morgan fingerprint density at radius 3 is 2.55 bits per heavy atom. The first kappa shape index (κ1) is 16.9. The van der Waals surface area contributed by atoms with Gasteiger partial charge in [-0.25, -0.2) is 4.39 Å². The molecule has 1 amide bonds. The third kappa shape index (κ3) is 4.05. The van der Waals surface area contributed by atoms with Gasteiger partial charge in [-0.05, 0) is 50.0 Å². The van der Waals surface area contributed by atoms with E-state index in [2.05, 4.69) is 5.32 Å². The Morgan fingerprint density at radius 2 is 1.95 bits per heavy atom. The number of piperidine rings is 1. The highest BCUT2D eigenvalue weighted by Crippen LogP contribution is 2.31. The van der Waals surface area contributed by atoms with E-state index in [1.54, 1.807) is 24.1 Å². The van der Waals surface area contributed by atoms with E-state index in [0.717, 1.165) is 37.9 Å². The van der Waals surface area contributed by atoms with E-state index in [-0.39, 0.29) is 11.7 Å². The Labute approximate surface area is 131 Å². The smallest absolute Gasteiger partial charge is 0.230 e. The molecule has 1 aromatic carbocycles. The van der Waals surface area contributed by atoms with Crippen LogP contribution in [-0.4, -0.2) is 51.2 Å². The quantitative estimate of drug-likeness (QED) is 0.872. The van der Waals surface area contributed by atoms with Gasteiger partial charge in [-0.15, -0.1) is 0 Å². The summed E-state index contributed by atoms with van der Waals surface area (Å²) in [6, 6.07) is 6.44. The number of rotatable bonds is 6. The van der Waals surface area contributed by atoms with Gasteiger partial charge in [0.05, 0.1) is 12.0 Å². The molecule has 0 aromatic heterocycles. The molecular weight excluding hydrogens is 283 g/mol. The molecule has 0 atom stereocenters. The molecule has 1 fully saturated rings. The van der Waals surface area contributed by atoms with Gasteiger partial charge in [0.25, 0.3) is 0 Å². The van der Waals surface area contributed by atoms with Crippen LogP contribution in [0.1, 0.15) is 18.4 Å². The number of hydrogen-bond donors (Lipinski definition) is 1. The van der Waals surface area contributed by atoms with Gasteiger partial charge in [0.2, 0.25) is 5.91 Å². The molecule has 0 radical (unpaired) electrons. The number of amides is 1. The normalized spacial score (nSPS) is 17.2. The maximum absolute atomic E-state index is 12.9. The molecule has 0 saturated carbocycles. The minimum absolute atomic E-state index is 0.151. The Balaban J connectivity index is 1.96. The van der Waals surface area contributed by atoms with Crippen LogP contribution in [0.25, 0.3) is 0 Å². The van der Waals surface area contributed by atoms with Crippen molar-refractivity contribution in [2.75, 3.05) is 40.4 Å². The standard InChI is InChI=1S/C17H25FN2O2/c1-20(12-7-14-3-5-15(18)6-4-14)16(21)17(13-22-2)8-10-19-11-9-17/h3-6,19H,7-13H2,1-2H3. The van der Waals surface area contributed by atoms with Crippen LogP contribution in [0.15, 0.2) is 24.3 Å². The van der Waals surface area contributed by atoms with Gasteiger partial charge in [0, 0.05) is 20.7 Å². The van der Waals surface area contributed by atoms with Crippen molar-refractivity contribution in [2.24, 2.45) is 5.41 Å². The van der Waals surface area contributed by atoms with E-state index >= 15 is 0 Å². The fraction of sp³-hybridized carbons (Fsp3) is 0.588. The van der Waals surface area contributed by atoms with Crippen molar-refractivity contribution in [3.63, 3.8) is 0 Å². The van der Waals surface area contributed by atoms with E-state index in [4.69, 9.17) is 4.74 Å². The molecule has 1 aliphatic rings. The fourth-order valence-electron chi connectivity index (χ4n) is 3.06. The summed E-state index contributed by atoms with van der Waals surface area (Å²) in [6.45, 7) is 2.79. The molecule has 22 heavy (non-hydrogen) atoms. The first-order valence-corrected chi connectivity index (χ1v) is 7.77. The SMILES string of the molecule is COCC1(C(=O)N(C)CCc2ccc(F)cc2)CCNCC1. The second-order valence-electron chi connectivity index (χ2n) is 6.07. The molecule has 1 saturated heterocycles. The molecule has 1 N–H and O–H groups in total. The largest absolute Gasteiger partial charge is 0.384 e. The number of methoxy groups -OCH3 is 1. The highest BCUT2D eigenvalue weighted by Gasteiger charge is 2.41. The first-order valence-electron chi connectivity index (χ1n) is 7.77. The summed E-state index contributed by atoms with van der Waals surface area (Å²) in [7, 11) is 3.49. The minimum atomic E-state index is -0.405. The average Bonchev–Trinajstić information content (AvgIpc) is 2.54. The molecule has 1 heterocycles. The summed E-state index contributed by atoms with van der Waals surface area (Å²) in [4.78, 5) is 14.6. The minimum Gasteiger partial charge on any atom is -0.384 e. The molecule has 122 valence electrons. The van der Waals surface area contributed by atoms with Crippen LogP contribution in [0.4, 0.5) is 4.39 Å². The van der Waals surface area contributed by atoms with Gasteiger partial charge >= 0.3 is 0 Å². The molecule has 1 aliphatic heterocycles. The van der Waals surface area contributed by atoms with Crippen LogP contribution < -0.4 is 5.32 Å². The molecule has 0 unspecified atom stereocenters. The maximum Gasteiger partial charge on any atom is 0.230 e. The molecule has 2 rings (SSSR count). The Bertz CT molecular complexity index is 478. The van der Waals surface area contributed by atoms with Crippen LogP contribution in [-0.2, 0) is 16.0 Å². The van der Waals surface area contributed by atoms with Crippen molar-refractivity contribution in [3.05, 3.63) is 35.6 Å². The molecule has 1 aromatic rings. The van der Waals surface area contributed by atoms with Crippen LogP contribution in [0.5, 0.6) is 0 Å². The first-order chi connectivity index (χ1) is 10.6. The zero-order chi connectivity index (χ0) is 16.0. The van der Waals surface area contributed by atoms with Crippen molar-refractivity contribution in [1.82, 2.24) is 10.2 Å². The highest BCUT2D eigenvalue weighted by atomic mass is 19.1. The predicted octanol–water partition coefficient (Wildman–Crippen LogP) is 1.84. The summed E-state index contributed by atoms with van der Waals surface area (Å²) < 4.78 is 18.2. The van der Waals surface area contributed by atoms with Crippen LogP contribution in [0, 0.1) is 11.2 Å². The highest BCUT2D eigenvalue weighted by molar-refractivity contribution is 5.83. The number of likely N-dealkylation sites (N-methyl/N-ethyl adjacent to an activating group) is 1. The van der Waals surface area contributed by atoms with E-state index in [1.807, 2.05) is 7.05 Å². The number of hydrogen-bond acceptors (Lipinski definition) is 3. The van der Waals surface area contributed by atoms with Crippen molar-refractivity contribution in [3.8, 4) is 0 Å². The molecular formula is C17H25FN2O2. The van der Waals surface area contributed by atoms with E-state index < -0.39 is 5.41 Å². The molecule has 0 spiro atoms. The summed E-state index contributed by atoms with van der Waals surface area (Å²) in [5.41, 5.74) is 0.629. The number of carbonyl (C=O) groups is 1. The van der Waals surface area contributed by atoms with Crippen LogP contribution >= 0.6 is 0 Å². The van der Waals surface area contributed by atoms with E-state index in [0.29, 0.717) is 13.2 Å². The second kappa shape index (κ2) is 7.70. The third-order valence-electron chi connectivity index (χ3n) is 4.43. The van der Waals surface area contributed by atoms with Gasteiger partial charge in [0.1, 0.15) is 5.82 Å². The van der Waals surface area contributed by atoms with Gasteiger partial charge in [-0.2, -0.15) is 0 Å². The Morgan fingerprint density at radius 1 is 1.32 bits per heavy atom. The van der Waals surface area contributed by atoms with Crippen LogP contribution in [0.3, 0.4) is 0 Å². The monoisotopic (exact) mass is 308 g/mol. The summed E-state index contributed by atoms with van der Waals surface area (Å²) in [5, 5.41) is 3.29. The molecule has 0 bridgehead atoms. The van der Waals surface area contributed by atoms with E-state index in [1.165, 1.54) is 12.1 Å². The van der Waals surface area contributed by atoms with Crippen molar-refractivity contribution < 1.29 is 13.9 Å². The lowest BCUT2D eigenvalue weighted by atomic mass is 9.78. The van der Waals surface area contributed by atoms with Gasteiger partial charge in [-0.3, -0.25) is 4.79 Å². The maximum atomic E-state index is 12.9. The third-order valence-corrected chi connectivity index (χ3v) is 4.43. The number of benzene rings is 1. The summed E-state index contributed by atoms with van der Waals surface area (Å²) in [6.07, 6.45) is 2.34. The lowest BCUT2D eigenvalue weighted by molar-refractivity contribution is -0.146. The topological polar surface area (TPSA) is 41.6 Å². The van der Waals surface area contributed by atoms with Crippen LogP contribution in [0.2, 0.25) is 0 Å². The van der Waals surface area contributed by atoms with Crippen molar-refractivity contribution in [2.45, 2.75) is 19.3 Å².